The van der Waals surface area contributed by atoms with Crippen molar-refractivity contribution < 1.29 is 10.2 Å². The van der Waals surface area contributed by atoms with Gasteiger partial charge in [0.1, 0.15) is 11.5 Å². The van der Waals surface area contributed by atoms with Gasteiger partial charge >= 0.3 is 0 Å². The molecule has 0 heterocycles. The zero-order chi connectivity index (χ0) is 19.2. The van der Waals surface area contributed by atoms with Crippen molar-refractivity contribution in [1.82, 2.24) is 0 Å². The van der Waals surface area contributed by atoms with E-state index in [-0.39, 0.29) is 5.92 Å². The number of hydrogen-bond acceptors (Lipinski definition) is 2. The first kappa shape index (κ1) is 19.0. The Bertz CT molecular complexity index is 829. The fraction of sp³-hybridized carbons (Fsp3) is 0.280. The monoisotopic (exact) mass is 360 g/mol. The molecule has 3 rings (SSSR count). The van der Waals surface area contributed by atoms with Gasteiger partial charge in [0.05, 0.1) is 0 Å². The van der Waals surface area contributed by atoms with Gasteiger partial charge in [0.15, 0.2) is 0 Å². The lowest BCUT2D eigenvalue weighted by molar-refractivity contribution is 0.474. The molecule has 0 aliphatic carbocycles. The third-order valence-corrected chi connectivity index (χ3v) is 5.05. The average Bonchev–Trinajstić information content (AvgIpc) is 2.66. The molecule has 27 heavy (non-hydrogen) atoms. The number of phenolic OH excluding ortho intramolecular Hbond substituents is 2. The van der Waals surface area contributed by atoms with Crippen LogP contribution < -0.4 is 0 Å². The quantitative estimate of drug-likeness (QED) is 0.494. The van der Waals surface area contributed by atoms with E-state index in [0.29, 0.717) is 11.5 Å². The largest absolute Gasteiger partial charge is 0.508 e. The minimum atomic E-state index is 0.0792. The van der Waals surface area contributed by atoms with Gasteiger partial charge in [-0.3, -0.25) is 0 Å². The molecule has 140 valence electrons. The highest BCUT2D eigenvalue weighted by Crippen LogP contribution is 2.38. The third kappa shape index (κ3) is 4.33. The van der Waals surface area contributed by atoms with Gasteiger partial charge in [-0.1, -0.05) is 69.2 Å². The summed E-state index contributed by atoms with van der Waals surface area (Å²) in [6, 6.07) is 22.0. The molecular weight excluding hydrogens is 332 g/mol. The van der Waals surface area contributed by atoms with E-state index in [0.717, 1.165) is 25.7 Å². The molecule has 0 aromatic heterocycles. The maximum Gasteiger partial charge on any atom is 0.115 e. The van der Waals surface area contributed by atoms with Gasteiger partial charge in [-0.25, -0.2) is 0 Å². The molecule has 2 heteroatoms. The molecule has 0 saturated carbocycles. The lowest BCUT2D eigenvalue weighted by atomic mass is 9.79. The standard InChI is InChI=1S/C25H28O2/c1-3-8-19-16-21(26)12-14-23(19)25(18-10-6-5-7-11-18)24-15-13-22(27)17-20(24)9-4-2/h5-7,10-17,25-27H,3-4,8-9H2,1-2H3. The number of hydrogen-bond donors (Lipinski definition) is 2. The maximum atomic E-state index is 10.0. The second kappa shape index (κ2) is 8.77. The average molecular weight is 360 g/mol. The van der Waals surface area contributed by atoms with E-state index in [1.807, 2.05) is 18.2 Å². The molecule has 3 aromatic carbocycles. The van der Waals surface area contributed by atoms with Crippen molar-refractivity contribution in [2.45, 2.75) is 45.4 Å². The van der Waals surface area contributed by atoms with E-state index in [1.54, 1.807) is 12.1 Å². The first-order valence-corrected chi connectivity index (χ1v) is 9.82. The SMILES string of the molecule is CCCc1cc(O)ccc1C(c1ccccc1)c1ccc(O)cc1CCC. The Morgan fingerprint density at radius 1 is 0.667 bits per heavy atom. The molecule has 0 radical (unpaired) electrons. The molecule has 0 fully saturated rings. The first-order valence-electron chi connectivity index (χ1n) is 9.82. The Labute approximate surface area is 162 Å². The highest BCUT2D eigenvalue weighted by Gasteiger charge is 2.22. The highest BCUT2D eigenvalue weighted by atomic mass is 16.3. The maximum absolute atomic E-state index is 10.0. The van der Waals surface area contributed by atoms with Crippen LogP contribution in [0, 0.1) is 0 Å². The third-order valence-electron chi connectivity index (χ3n) is 5.05. The number of phenols is 2. The lowest BCUT2D eigenvalue weighted by Gasteiger charge is -2.25. The summed E-state index contributed by atoms with van der Waals surface area (Å²) in [6.07, 6.45) is 3.90. The Morgan fingerprint density at radius 3 is 1.59 bits per heavy atom. The molecule has 0 bridgehead atoms. The topological polar surface area (TPSA) is 40.5 Å². The van der Waals surface area contributed by atoms with Crippen molar-refractivity contribution in [3.63, 3.8) is 0 Å². The van der Waals surface area contributed by atoms with Crippen molar-refractivity contribution >= 4 is 0 Å². The Balaban J connectivity index is 2.23. The molecule has 3 aromatic rings. The highest BCUT2D eigenvalue weighted by molar-refractivity contribution is 5.51. The number of rotatable bonds is 7. The van der Waals surface area contributed by atoms with Crippen LogP contribution in [-0.4, -0.2) is 10.2 Å². The van der Waals surface area contributed by atoms with Crippen LogP contribution in [0.5, 0.6) is 11.5 Å². The molecule has 0 aliphatic heterocycles. The van der Waals surface area contributed by atoms with E-state index in [1.165, 1.54) is 27.8 Å². The van der Waals surface area contributed by atoms with Gasteiger partial charge < -0.3 is 10.2 Å². The van der Waals surface area contributed by atoms with Gasteiger partial charge in [0.2, 0.25) is 0 Å². The first-order chi connectivity index (χ1) is 13.1. The minimum absolute atomic E-state index is 0.0792. The zero-order valence-electron chi connectivity index (χ0n) is 16.2. The molecule has 2 N–H and O–H groups in total. The summed E-state index contributed by atoms with van der Waals surface area (Å²) < 4.78 is 0. The summed E-state index contributed by atoms with van der Waals surface area (Å²) in [7, 11) is 0. The smallest absolute Gasteiger partial charge is 0.115 e. The summed E-state index contributed by atoms with van der Waals surface area (Å²) in [5, 5.41) is 20.1. The fourth-order valence-corrected chi connectivity index (χ4v) is 3.89. The Morgan fingerprint density at radius 2 is 1.15 bits per heavy atom. The Hall–Kier alpha value is -2.74. The zero-order valence-corrected chi connectivity index (χ0v) is 16.2. The van der Waals surface area contributed by atoms with Crippen molar-refractivity contribution in [3.8, 4) is 11.5 Å². The summed E-state index contributed by atoms with van der Waals surface area (Å²) in [5.74, 6) is 0.706. The molecule has 0 amide bonds. The van der Waals surface area contributed by atoms with Crippen molar-refractivity contribution in [3.05, 3.63) is 94.5 Å². The summed E-state index contributed by atoms with van der Waals surface area (Å²) >= 11 is 0. The second-order valence-electron chi connectivity index (χ2n) is 7.11. The molecule has 0 atom stereocenters. The lowest BCUT2D eigenvalue weighted by Crippen LogP contribution is -2.09. The molecule has 0 aliphatic rings. The number of aryl methyl sites for hydroxylation is 2. The van der Waals surface area contributed by atoms with Crippen molar-refractivity contribution in [2.75, 3.05) is 0 Å². The summed E-state index contributed by atoms with van der Waals surface area (Å²) in [4.78, 5) is 0. The van der Waals surface area contributed by atoms with Crippen molar-refractivity contribution in [2.24, 2.45) is 0 Å². The molecule has 0 unspecified atom stereocenters. The summed E-state index contributed by atoms with van der Waals surface area (Å²) in [6.45, 7) is 4.32. The van der Waals surface area contributed by atoms with E-state index in [4.69, 9.17) is 0 Å². The normalized spacial score (nSPS) is 11.1. The van der Waals surface area contributed by atoms with E-state index in [2.05, 4.69) is 50.2 Å². The summed E-state index contributed by atoms with van der Waals surface area (Å²) in [5.41, 5.74) is 6.04. The molecule has 0 spiro atoms. The van der Waals surface area contributed by atoms with Crippen LogP contribution in [0.25, 0.3) is 0 Å². The second-order valence-corrected chi connectivity index (χ2v) is 7.11. The van der Waals surface area contributed by atoms with Crippen LogP contribution in [-0.2, 0) is 12.8 Å². The van der Waals surface area contributed by atoms with Gasteiger partial charge in [-0.15, -0.1) is 0 Å². The van der Waals surface area contributed by atoms with Gasteiger partial charge in [-0.2, -0.15) is 0 Å². The van der Waals surface area contributed by atoms with Crippen LogP contribution >= 0.6 is 0 Å². The van der Waals surface area contributed by atoms with Crippen LogP contribution in [0.2, 0.25) is 0 Å². The number of benzene rings is 3. The van der Waals surface area contributed by atoms with Gasteiger partial charge in [0, 0.05) is 5.92 Å². The van der Waals surface area contributed by atoms with E-state index >= 15 is 0 Å². The predicted octanol–water partition coefficient (Wildman–Crippen LogP) is 6.18. The number of aromatic hydroxyl groups is 2. The fourth-order valence-electron chi connectivity index (χ4n) is 3.89. The van der Waals surface area contributed by atoms with Crippen LogP contribution in [0.4, 0.5) is 0 Å². The van der Waals surface area contributed by atoms with Crippen LogP contribution in [0.1, 0.15) is 60.4 Å². The van der Waals surface area contributed by atoms with Gasteiger partial charge in [-0.05, 0) is 64.9 Å². The van der Waals surface area contributed by atoms with E-state index < -0.39 is 0 Å². The van der Waals surface area contributed by atoms with Crippen LogP contribution in [0.15, 0.2) is 66.7 Å². The van der Waals surface area contributed by atoms with E-state index in [9.17, 15) is 10.2 Å². The molecule has 2 nitrogen and oxygen atoms in total. The predicted molar refractivity (Wildman–Crippen MR) is 112 cm³/mol. The Kier molecular flexibility index (Phi) is 6.18. The van der Waals surface area contributed by atoms with Crippen LogP contribution in [0.3, 0.4) is 0 Å². The molecular formula is C25H28O2. The molecule has 0 saturated heterocycles. The van der Waals surface area contributed by atoms with Gasteiger partial charge in [0.25, 0.3) is 0 Å². The van der Waals surface area contributed by atoms with Crippen molar-refractivity contribution in [1.29, 1.82) is 0 Å². The minimum Gasteiger partial charge on any atom is -0.508 e.